The van der Waals surface area contributed by atoms with Crippen LogP contribution in [0.15, 0.2) is 255 Å². The van der Waals surface area contributed by atoms with Crippen LogP contribution in [0.2, 0.25) is 0 Å². The van der Waals surface area contributed by atoms with E-state index in [-0.39, 0.29) is 120 Å². The van der Waals surface area contributed by atoms with Crippen LogP contribution in [0.4, 0.5) is 13.2 Å². The summed E-state index contributed by atoms with van der Waals surface area (Å²) in [7, 11) is 0. The van der Waals surface area contributed by atoms with E-state index in [4.69, 9.17) is 56.8 Å². The van der Waals surface area contributed by atoms with Gasteiger partial charge in [0.15, 0.2) is 0 Å². The number of alkyl halides is 3. The fourth-order valence-corrected chi connectivity index (χ4v) is 11.7. The van der Waals surface area contributed by atoms with E-state index in [1.807, 2.05) is 100 Å². The van der Waals surface area contributed by atoms with Crippen LogP contribution in [0.25, 0.3) is 12.2 Å². The Bertz CT molecular complexity index is 5270. The molecule has 0 spiro atoms. The number of benzene rings is 10. The van der Waals surface area contributed by atoms with Crippen LogP contribution in [0.3, 0.4) is 0 Å². The highest BCUT2D eigenvalue weighted by Crippen LogP contribution is 2.38. The van der Waals surface area contributed by atoms with Crippen molar-refractivity contribution < 1.29 is 118 Å². The van der Waals surface area contributed by atoms with Gasteiger partial charge >= 0.3 is 65.9 Å². The second-order valence-corrected chi connectivity index (χ2v) is 28.5. The molecule has 22 nitrogen and oxygen atoms in total. The monoisotopic (exact) mass is 1810 g/mol. The van der Waals surface area contributed by atoms with Gasteiger partial charge in [-0.1, -0.05) is 183 Å². The van der Waals surface area contributed by atoms with Gasteiger partial charge in [0.25, 0.3) is 0 Å². The van der Waals surface area contributed by atoms with Crippen LogP contribution in [-0.2, 0) is 44.4 Å². The molecule has 0 bridgehead atoms. The quantitative estimate of drug-likeness (QED) is 0.0150. The molecule has 0 aliphatic heterocycles. The first-order valence-electron chi connectivity index (χ1n) is 39.8. The number of hydrogen-bond donors (Lipinski definition) is 0. The molecule has 0 aliphatic rings. The number of carbonyl (C=O) groups excluding carboxylic acids is 10. The van der Waals surface area contributed by atoms with Crippen molar-refractivity contribution in [2.24, 2.45) is 23.7 Å². The molecule has 4 atom stereocenters. The van der Waals surface area contributed by atoms with Crippen LogP contribution in [0.5, 0.6) is 57.5 Å². The van der Waals surface area contributed by atoms with Crippen LogP contribution in [-0.4, -0.2) is 86.1 Å². The van der Waals surface area contributed by atoms with Crippen molar-refractivity contribution in [1.29, 1.82) is 0 Å². The highest BCUT2D eigenvalue weighted by atomic mass is 19.4. The number of halogens is 3. The summed E-state index contributed by atoms with van der Waals surface area (Å²) in [6.45, 7) is 13.5. The molecule has 0 heterocycles. The first-order chi connectivity index (χ1) is 59.1. The van der Waals surface area contributed by atoms with Gasteiger partial charge in [-0.2, -0.15) is 13.2 Å². The van der Waals surface area contributed by atoms with Crippen molar-refractivity contribution in [2.45, 2.75) is 165 Å². The van der Waals surface area contributed by atoms with E-state index in [0.29, 0.717) is 102 Å². The first-order valence-corrected chi connectivity index (χ1v) is 39.8. The minimum absolute atomic E-state index is 0. The summed E-state index contributed by atoms with van der Waals surface area (Å²) >= 11 is 0. The van der Waals surface area contributed by atoms with Crippen LogP contribution in [0, 0.1) is 44.4 Å². The third kappa shape index (κ3) is 38.3. The molecule has 10 rings (SSSR count). The Morgan fingerprint density at radius 2 is 0.618 bits per heavy atom. The molecule has 131 heavy (non-hydrogen) atoms. The van der Waals surface area contributed by atoms with Gasteiger partial charge in [-0.25, -0.2) is 28.8 Å². The number of carbonyl (C=O) groups is 10. The zero-order chi connectivity index (χ0) is 88.2. The molecule has 0 N–H and O–H groups in total. The highest BCUT2D eigenvalue weighted by Gasteiger charge is 2.37. The summed E-state index contributed by atoms with van der Waals surface area (Å²) in [5.74, 6) is -6.03. The molecule has 0 radical (unpaired) electrons. The van der Waals surface area contributed by atoms with Gasteiger partial charge in [0.1, 0.15) is 57.5 Å². The average Bonchev–Trinajstić information content (AvgIpc) is 0.822. The lowest BCUT2D eigenvalue weighted by Gasteiger charge is -2.18. The van der Waals surface area contributed by atoms with E-state index in [0.717, 1.165) is 34.4 Å². The van der Waals surface area contributed by atoms with Gasteiger partial charge in [-0.15, -0.1) is 0 Å². The van der Waals surface area contributed by atoms with Crippen LogP contribution < -0.4 is 47.4 Å². The predicted molar refractivity (Wildman–Crippen MR) is 504 cm³/mol. The molecular formula is C106H125F3O22. The number of aryl methyl sites for hydroxylation is 3. The zero-order valence-electron chi connectivity index (χ0n) is 68.8. The van der Waals surface area contributed by atoms with Crippen LogP contribution >= 0.6 is 0 Å². The topological polar surface area (TPSA) is 281 Å². The molecule has 4 unspecified atom stereocenters. The van der Waals surface area contributed by atoms with Crippen molar-refractivity contribution >= 4 is 71.8 Å². The van der Waals surface area contributed by atoms with Gasteiger partial charge in [0.2, 0.25) is 0 Å². The van der Waals surface area contributed by atoms with E-state index in [1.165, 1.54) is 84.9 Å². The minimum Gasteiger partial charge on any atom is -0.494 e. The lowest BCUT2D eigenvalue weighted by molar-refractivity contribution is -0.151. The van der Waals surface area contributed by atoms with Gasteiger partial charge < -0.3 is 56.8 Å². The Labute approximate surface area is 769 Å². The average molecular weight is 1810 g/mol. The third-order valence-electron chi connectivity index (χ3n) is 18.8. The fraction of sp³-hybridized carbons (Fsp3) is 0.302. The molecule has 0 saturated carbocycles. The second-order valence-electron chi connectivity index (χ2n) is 28.5. The van der Waals surface area contributed by atoms with Crippen molar-refractivity contribution in [3.05, 3.63) is 310 Å². The van der Waals surface area contributed by atoms with Crippen molar-refractivity contribution in [3.63, 3.8) is 0 Å². The Kier molecular flexibility index (Phi) is 51.1. The maximum Gasteiger partial charge on any atom is 0.420 e. The first kappa shape index (κ1) is 115. The Morgan fingerprint density at radius 3 is 0.969 bits per heavy atom. The third-order valence-corrected chi connectivity index (χ3v) is 18.8. The molecule has 0 amide bonds. The van der Waals surface area contributed by atoms with Crippen molar-refractivity contribution in [2.75, 3.05) is 26.4 Å². The van der Waals surface area contributed by atoms with Gasteiger partial charge in [0, 0.05) is 12.2 Å². The molecule has 0 aromatic heterocycles. The maximum absolute atomic E-state index is 14.0. The van der Waals surface area contributed by atoms with Crippen LogP contribution in [0.1, 0.15) is 213 Å². The summed E-state index contributed by atoms with van der Waals surface area (Å²) < 4.78 is 107. The number of ether oxygens (including phenoxy) is 12. The predicted octanol–water partition coefficient (Wildman–Crippen LogP) is 25.2. The fourth-order valence-electron chi connectivity index (χ4n) is 11.7. The van der Waals surface area contributed by atoms with E-state index in [2.05, 4.69) is 0 Å². The lowest BCUT2D eigenvalue weighted by Crippen LogP contribution is -2.26. The van der Waals surface area contributed by atoms with Gasteiger partial charge in [-0.05, 0) is 259 Å². The SMILES string of the molecule is C.C.C.C.C.C.C.C.CCC(CC(C)C(=O)OCCCCOc1ccc(C(=O)Oc2ccc(C(=O)Oc3ccc(C)cc3)cc2C(F)(F)F)cc1)C(=O)Oc1ccc(OC(=O)/C=C/c2ccccc2)cc1.CCC(CC(C)C(=O)OCCCCOc1ccc(C(=O)Oc2ccc(C(=O)Oc3ccc(C)cc3)cc2C)cc1)C(=O)Oc1ccc(OC(=O)/C=C/c2ccccc2)cc1. The molecular weight excluding hydrogens is 1680 g/mol. The molecule has 702 valence electrons. The Hall–Kier alpha value is -14.2. The summed E-state index contributed by atoms with van der Waals surface area (Å²) in [5, 5.41) is 0. The number of rotatable bonds is 38. The molecule has 0 fully saturated rings. The summed E-state index contributed by atoms with van der Waals surface area (Å²) in [4.78, 5) is 126. The normalized spacial score (nSPS) is 11.3. The number of unbranched alkanes of at least 4 members (excludes halogenated alkanes) is 2. The second kappa shape index (κ2) is 58.3. The van der Waals surface area contributed by atoms with E-state index < -0.39 is 101 Å². The van der Waals surface area contributed by atoms with E-state index in [9.17, 15) is 61.1 Å². The smallest absolute Gasteiger partial charge is 0.420 e. The van der Waals surface area contributed by atoms with Gasteiger partial charge in [-0.3, -0.25) is 19.2 Å². The maximum atomic E-state index is 14.0. The van der Waals surface area contributed by atoms with Crippen molar-refractivity contribution in [1.82, 2.24) is 0 Å². The van der Waals surface area contributed by atoms with Gasteiger partial charge in [0.05, 0.1) is 77.9 Å². The summed E-state index contributed by atoms with van der Waals surface area (Å²) in [5.41, 5.74) is 3.19. The van der Waals surface area contributed by atoms with Crippen molar-refractivity contribution in [3.8, 4) is 57.5 Å². The zero-order valence-corrected chi connectivity index (χ0v) is 68.8. The Morgan fingerprint density at radius 1 is 0.321 bits per heavy atom. The number of hydrogen-bond acceptors (Lipinski definition) is 22. The van der Waals surface area contributed by atoms with E-state index in [1.54, 1.807) is 112 Å². The van der Waals surface area contributed by atoms with E-state index >= 15 is 0 Å². The summed E-state index contributed by atoms with van der Waals surface area (Å²) in [6, 6.07) is 63.8. The highest BCUT2D eigenvalue weighted by molar-refractivity contribution is 5.95. The molecule has 0 saturated heterocycles. The Balaban J connectivity index is 0.00000124. The number of esters is 10. The molecule has 25 heteroatoms. The lowest BCUT2D eigenvalue weighted by atomic mass is 9.94. The largest absolute Gasteiger partial charge is 0.494 e. The summed E-state index contributed by atoms with van der Waals surface area (Å²) in [6.07, 6.45) is 4.55. The molecule has 10 aromatic rings. The standard InChI is InChI=1S/C49H45F3O11.C49H48O11.8CH4/c1-4-35(46(55)61-41-24-22-39(23-25-41)60-44(53)27-14-34-10-6-5-7-11-34)30-33(3)45(54)59-29-9-8-28-58-38-20-15-36(16-21-38)47(56)63-43-26-17-37(31-42(43)49(50,51)52)48(57)62-40-18-12-32(2)13-19-40;1-5-37(47(52)58-43-25-23-41(24-26-43)57-45(50)28-15-36-11-7-6-8-12-36)32-35(4)46(51)56-30-10-9-29-55-40-21-16-38(17-22-40)48(53)60-44-27-18-39(31-34(44)3)49(54)59-42-19-13-33(2)14-20-42;;;;;;;;/h5-7,10-27,31,33,35H,4,8-9,28-30H2,1-3H3;6-8,11-28,31,35,37H,5,9-10,29-30,32H2,1-4H3;8*1H4/b27-14+;28-15+;;;;;;;;. The molecule has 0 aliphatic carbocycles. The molecule has 10 aromatic carbocycles. The minimum atomic E-state index is -4.95.